The molecule has 148 valence electrons. The standard InChI is InChI=1S/C19H19F3N4O2/c20-19(21,22)28-16-5-3-4-14(10-16)11-24-8-9-25-15(12-24)13-26(18(25)27)17-6-1-2-7-23-17/h1-7,10,15H,8-9,11-13H2/t15-/m1/s1. The lowest BCUT2D eigenvalue weighted by molar-refractivity contribution is -0.274. The molecule has 0 radical (unpaired) electrons. The summed E-state index contributed by atoms with van der Waals surface area (Å²) in [6.07, 6.45) is -3.05. The quantitative estimate of drug-likeness (QED) is 0.802. The van der Waals surface area contributed by atoms with Crippen molar-refractivity contribution in [1.29, 1.82) is 0 Å². The van der Waals surface area contributed by atoms with Gasteiger partial charge in [-0.05, 0) is 29.8 Å². The first-order valence-electron chi connectivity index (χ1n) is 8.95. The predicted molar refractivity (Wildman–Crippen MR) is 95.9 cm³/mol. The third kappa shape index (κ3) is 4.04. The number of carbonyl (C=O) groups excluding carboxylic acids is 1. The van der Waals surface area contributed by atoms with E-state index in [1.54, 1.807) is 35.4 Å². The third-order valence-corrected chi connectivity index (χ3v) is 4.90. The number of benzene rings is 1. The highest BCUT2D eigenvalue weighted by atomic mass is 19.4. The molecule has 9 heteroatoms. The zero-order valence-corrected chi connectivity index (χ0v) is 15.0. The van der Waals surface area contributed by atoms with Gasteiger partial charge in [0.1, 0.15) is 11.6 Å². The van der Waals surface area contributed by atoms with E-state index in [4.69, 9.17) is 0 Å². The number of pyridine rings is 1. The van der Waals surface area contributed by atoms with Crippen LogP contribution in [0.2, 0.25) is 0 Å². The van der Waals surface area contributed by atoms with Crippen LogP contribution in [0.4, 0.5) is 23.8 Å². The van der Waals surface area contributed by atoms with Crippen LogP contribution in [0.25, 0.3) is 0 Å². The summed E-state index contributed by atoms with van der Waals surface area (Å²) in [4.78, 5) is 22.6. The number of rotatable bonds is 4. The van der Waals surface area contributed by atoms with E-state index < -0.39 is 6.36 Å². The summed E-state index contributed by atoms with van der Waals surface area (Å²) in [6, 6.07) is 11.4. The molecule has 2 amide bonds. The molecule has 0 bridgehead atoms. The first-order chi connectivity index (χ1) is 13.4. The minimum atomic E-state index is -4.70. The lowest BCUT2D eigenvalue weighted by atomic mass is 10.1. The van der Waals surface area contributed by atoms with E-state index in [-0.39, 0.29) is 17.8 Å². The van der Waals surface area contributed by atoms with E-state index >= 15 is 0 Å². The van der Waals surface area contributed by atoms with Crippen molar-refractivity contribution in [1.82, 2.24) is 14.8 Å². The van der Waals surface area contributed by atoms with Crippen molar-refractivity contribution in [3.05, 3.63) is 54.2 Å². The molecule has 0 N–H and O–H groups in total. The Bertz CT molecular complexity index is 847. The van der Waals surface area contributed by atoms with Crippen molar-refractivity contribution in [2.45, 2.75) is 18.9 Å². The Morgan fingerprint density at radius 1 is 1.11 bits per heavy atom. The van der Waals surface area contributed by atoms with Gasteiger partial charge in [0, 0.05) is 32.4 Å². The lowest BCUT2D eigenvalue weighted by Gasteiger charge is -2.36. The number of aromatic nitrogens is 1. The van der Waals surface area contributed by atoms with E-state index in [1.165, 1.54) is 12.1 Å². The maximum atomic E-state index is 12.7. The van der Waals surface area contributed by atoms with E-state index in [9.17, 15) is 18.0 Å². The topological polar surface area (TPSA) is 48.9 Å². The van der Waals surface area contributed by atoms with Gasteiger partial charge in [0.2, 0.25) is 0 Å². The van der Waals surface area contributed by atoms with Crippen molar-refractivity contribution in [3.8, 4) is 5.75 Å². The molecule has 3 heterocycles. The number of carbonyl (C=O) groups is 1. The van der Waals surface area contributed by atoms with E-state index in [0.717, 1.165) is 5.56 Å². The summed E-state index contributed by atoms with van der Waals surface area (Å²) in [7, 11) is 0. The first-order valence-corrected chi connectivity index (χ1v) is 8.95. The van der Waals surface area contributed by atoms with Gasteiger partial charge in [0.05, 0.1) is 12.6 Å². The van der Waals surface area contributed by atoms with Gasteiger partial charge >= 0.3 is 12.4 Å². The Kier molecular flexibility index (Phi) is 4.84. The molecular weight excluding hydrogens is 373 g/mol. The SMILES string of the molecule is O=C1N(c2ccccn2)C[C@H]2CN(Cc3cccc(OC(F)(F)F)c3)CCN12. The minimum Gasteiger partial charge on any atom is -0.406 e. The highest BCUT2D eigenvalue weighted by Gasteiger charge is 2.41. The molecule has 1 aromatic heterocycles. The van der Waals surface area contributed by atoms with Crippen LogP contribution in [0.5, 0.6) is 5.75 Å². The van der Waals surface area contributed by atoms with E-state index in [1.807, 2.05) is 11.0 Å². The summed E-state index contributed by atoms with van der Waals surface area (Å²) in [6.45, 7) is 2.93. The second-order valence-corrected chi connectivity index (χ2v) is 6.86. The van der Waals surface area contributed by atoms with Crippen LogP contribution in [-0.2, 0) is 6.54 Å². The summed E-state index contributed by atoms with van der Waals surface area (Å²) >= 11 is 0. The monoisotopic (exact) mass is 392 g/mol. The van der Waals surface area contributed by atoms with Crippen molar-refractivity contribution in [2.24, 2.45) is 0 Å². The Morgan fingerprint density at radius 2 is 1.96 bits per heavy atom. The van der Waals surface area contributed by atoms with E-state index in [2.05, 4.69) is 14.6 Å². The third-order valence-electron chi connectivity index (χ3n) is 4.90. The Balaban J connectivity index is 1.41. The number of alkyl halides is 3. The van der Waals surface area contributed by atoms with Crippen molar-refractivity contribution in [3.63, 3.8) is 0 Å². The van der Waals surface area contributed by atoms with Gasteiger partial charge in [-0.25, -0.2) is 9.78 Å². The van der Waals surface area contributed by atoms with Crippen LogP contribution in [0.3, 0.4) is 0 Å². The fourth-order valence-electron chi connectivity index (χ4n) is 3.72. The number of anilines is 1. The highest BCUT2D eigenvalue weighted by Crippen LogP contribution is 2.27. The van der Waals surface area contributed by atoms with Crippen LogP contribution in [0, 0.1) is 0 Å². The normalized spacial score (nSPS) is 20.4. The second-order valence-electron chi connectivity index (χ2n) is 6.86. The number of piperazine rings is 1. The molecular formula is C19H19F3N4O2. The predicted octanol–water partition coefficient (Wildman–Crippen LogP) is 3.11. The fraction of sp³-hybridized carbons (Fsp3) is 0.368. The number of fused-ring (bicyclic) bond motifs is 1. The van der Waals surface area contributed by atoms with Crippen molar-refractivity contribution >= 4 is 11.8 Å². The molecule has 2 fully saturated rings. The smallest absolute Gasteiger partial charge is 0.406 e. The molecule has 0 unspecified atom stereocenters. The molecule has 4 rings (SSSR count). The molecule has 1 atom stereocenters. The summed E-state index contributed by atoms with van der Waals surface area (Å²) in [5.74, 6) is 0.409. The number of halogens is 3. The summed E-state index contributed by atoms with van der Waals surface area (Å²) in [5.41, 5.74) is 0.737. The number of amides is 2. The maximum absolute atomic E-state index is 12.7. The summed E-state index contributed by atoms with van der Waals surface area (Å²) in [5, 5.41) is 0. The number of ether oxygens (including phenoxy) is 1. The molecule has 1 aromatic carbocycles. The van der Waals surface area contributed by atoms with Gasteiger partial charge in [-0.15, -0.1) is 13.2 Å². The molecule has 0 saturated carbocycles. The molecule has 6 nitrogen and oxygen atoms in total. The Labute approximate surface area is 160 Å². The molecule has 28 heavy (non-hydrogen) atoms. The van der Waals surface area contributed by atoms with Crippen molar-refractivity contribution in [2.75, 3.05) is 31.1 Å². The van der Waals surface area contributed by atoms with Crippen LogP contribution in [0.1, 0.15) is 5.56 Å². The molecule has 2 aliphatic rings. The van der Waals surface area contributed by atoms with Crippen LogP contribution in [-0.4, -0.2) is 59.4 Å². The maximum Gasteiger partial charge on any atom is 0.573 e. The number of nitrogens with zero attached hydrogens (tertiary/aromatic N) is 4. The lowest BCUT2D eigenvalue weighted by Crippen LogP contribution is -2.51. The first kappa shape index (κ1) is 18.5. The number of hydrogen-bond acceptors (Lipinski definition) is 4. The van der Waals surface area contributed by atoms with Gasteiger partial charge in [0.15, 0.2) is 0 Å². The van der Waals surface area contributed by atoms with Crippen LogP contribution >= 0.6 is 0 Å². The largest absolute Gasteiger partial charge is 0.573 e. The van der Waals surface area contributed by atoms with Gasteiger partial charge in [0.25, 0.3) is 0 Å². The van der Waals surface area contributed by atoms with Crippen molar-refractivity contribution < 1.29 is 22.7 Å². The molecule has 0 spiro atoms. The van der Waals surface area contributed by atoms with E-state index in [0.29, 0.717) is 38.5 Å². The molecule has 2 saturated heterocycles. The van der Waals surface area contributed by atoms with Crippen LogP contribution < -0.4 is 9.64 Å². The summed E-state index contributed by atoms with van der Waals surface area (Å²) < 4.78 is 41.2. The van der Waals surface area contributed by atoms with Crippen LogP contribution in [0.15, 0.2) is 48.7 Å². The Morgan fingerprint density at radius 3 is 2.71 bits per heavy atom. The number of hydrogen-bond donors (Lipinski definition) is 0. The molecule has 2 aromatic rings. The average Bonchev–Trinajstić information content (AvgIpc) is 2.97. The van der Waals surface area contributed by atoms with Gasteiger partial charge in [-0.3, -0.25) is 9.80 Å². The van der Waals surface area contributed by atoms with Gasteiger partial charge in [-0.2, -0.15) is 0 Å². The second kappa shape index (κ2) is 7.31. The Hall–Kier alpha value is -2.81. The highest BCUT2D eigenvalue weighted by molar-refractivity contribution is 5.93. The zero-order chi connectivity index (χ0) is 19.7. The minimum absolute atomic E-state index is 0.0258. The molecule has 2 aliphatic heterocycles. The van der Waals surface area contributed by atoms with Gasteiger partial charge < -0.3 is 9.64 Å². The average molecular weight is 392 g/mol. The zero-order valence-electron chi connectivity index (χ0n) is 15.0. The van der Waals surface area contributed by atoms with Gasteiger partial charge in [-0.1, -0.05) is 18.2 Å². The number of urea groups is 1. The molecule has 0 aliphatic carbocycles. The fourth-order valence-corrected chi connectivity index (χ4v) is 3.72.